The quantitative estimate of drug-likeness (QED) is 0.148. The van der Waals surface area contributed by atoms with Gasteiger partial charge in [0.15, 0.2) is 11.6 Å². The fourth-order valence-corrected chi connectivity index (χ4v) is 11.3. The van der Waals surface area contributed by atoms with E-state index in [9.17, 15) is 9.83 Å². The molecule has 2 saturated heterocycles. The van der Waals surface area contributed by atoms with Gasteiger partial charge in [-0.1, -0.05) is 23.7 Å². The molecule has 0 radical (unpaired) electrons. The van der Waals surface area contributed by atoms with Gasteiger partial charge in [0.25, 0.3) is 0 Å². The molecular weight excluding hydrogens is 741 g/mol. The summed E-state index contributed by atoms with van der Waals surface area (Å²) in [6.45, 7) is 7.23. The summed E-state index contributed by atoms with van der Waals surface area (Å²) in [6.07, 6.45) is 5.94. The number of ether oxygens (including phenoxy) is 2. The van der Waals surface area contributed by atoms with Gasteiger partial charge in [0.05, 0.1) is 45.9 Å². The van der Waals surface area contributed by atoms with E-state index in [1.165, 1.54) is 12.1 Å². The second-order valence-corrected chi connectivity index (χ2v) is 19.5. The van der Waals surface area contributed by atoms with E-state index in [0.29, 0.717) is 24.3 Å². The van der Waals surface area contributed by atoms with Gasteiger partial charge in [0, 0.05) is 34.9 Å². The lowest BCUT2D eigenvalue weighted by Crippen LogP contribution is -2.47. The molecule has 276 valence electrons. The summed E-state index contributed by atoms with van der Waals surface area (Å²) in [5.74, 6) is -0.578. The Hall–Kier alpha value is -4.28. The molecule has 3 atom stereocenters. The van der Waals surface area contributed by atoms with E-state index in [1.807, 2.05) is 37.3 Å². The molecule has 0 unspecified atom stereocenters. The van der Waals surface area contributed by atoms with E-state index in [-0.39, 0.29) is 90.3 Å². The van der Waals surface area contributed by atoms with Gasteiger partial charge in [0.2, 0.25) is 0 Å². The zero-order valence-corrected chi connectivity index (χ0v) is 31.9. The van der Waals surface area contributed by atoms with Crippen LogP contribution in [0.1, 0.15) is 49.8 Å². The molecule has 8 rings (SSSR count). The van der Waals surface area contributed by atoms with Gasteiger partial charge in [-0.05, 0) is 70.2 Å². The van der Waals surface area contributed by atoms with E-state index >= 15 is 8.78 Å². The summed E-state index contributed by atoms with van der Waals surface area (Å²) in [4.78, 5) is 18.3. The minimum absolute atomic E-state index is 0.0287. The van der Waals surface area contributed by atoms with Crippen molar-refractivity contribution < 1.29 is 22.8 Å². The SMILES string of the molecule is C[C@H](c1cccnc1N)N1CCOc2c(Cl)c(-c3ccc(F)c4sc(N)c(C#N)c34)c(F)c3nc(OC[C@@]45CCCN4[C@H](CP(C)(C)=O)CC5)nc1c23. The lowest BCUT2D eigenvalue weighted by Gasteiger charge is -2.35. The van der Waals surface area contributed by atoms with E-state index in [2.05, 4.69) is 9.88 Å². The van der Waals surface area contributed by atoms with Crippen LogP contribution in [-0.2, 0) is 4.57 Å². The van der Waals surface area contributed by atoms with E-state index in [1.54, 1.807) is 12.3 Å². The number of aromatic nitrogens is 3. The number of halogens is 3. The number of nitriles is 1. The number of nitrogen functional groups attached to an aromatic ring is 2. The van der Waals surface area contributed by atoms with Crippen LogP contribution in [0.5, 0.6) is 11.8 Å². The smallest absolute Gasteiger partial charge is 0.319 e. The lowest BCUT2D eigenvalue weighted by molar-refractivity contribution is 0.0895. The molecular formula is C37H38ClF2N8O3PS. The fourth-order valence-electron chi connectivity index (χ4n) is 8.58. The number of thiophene rings is 1. The maximum Gasteiger partial charge on any atom is 0.319 e. The average molecular weight is 779 g/mol. The largest absolute Gasteiger partial charge is 0.489 e. The molecule has 4 N–H and O–H groups in total. The third-order valence-corrected chi connectivity index (χ3v) is 13.6. The van der Waals surface area contributed by atoms with Crippen molar-refractivity contribution in [3.63, 3.8) is 0 Å². The van der Waals surface area contributed by atoms with Crippen LogP contribution in [0, 0.1) is 23.0 Å². The van der Waals surface area contributed by atoms with Crippen LogP contribution in [-0.4, -0.2) is 77.2 Å². The molecule has 3 aromatic heterocycles. The van der Waals surface area contributed by atoms with Gasteiger partial charge in [0.1, 0.15) is 47.3 Å². The highest BCUT2D eigenvalue weighted by molar-refractivity contribution is 7.62. The molecule has 53 heavy (non-hydrogen) atoms. The van der Waals surface area contributed by atoms with Gasteiger partial charge < -0.3 is 30.4 Å². The predicted octanol–water partition coefficient (Wildman–Crippen LogP) is 7.83. The summed E-state index contributed by atoms with van der Waals surface area (Å²) in [7, 11) is -2.25. The van der Waals surface area contributed by atoms with Crippen molar-refractivity contribution in [2.45, 2.75) is 50.2 Å². The number of nitrogens with two attached hydrogens (primary N) is 2. The van der Waals surface area contributed by atoms with Crippen LogP contribution >= 0.6 is 30.1 Å². The maximum atomic E-state index is 17.4. The number of rotatable bonds is 8. The van der Waals surface area contributed by atoms with E-state index in [0.717, 1.165) is 49.1 Å². The van der Waals surface area contributed by atoms with Gasteiger partial charge in [-0.3, -0.25) is 4.90 Å². The summed E-state index contributed by atoms with van der Waals surface area (Å²) in [6, 6.07) is 8.09. The van der Waals surface area contributed by atoms with Crippen LogP contribution in [0.15, 0.2) is 30.5 Å². The zero-order chi connectivity index (χ0) is 37.4. The third kappa shape index (κ3) is 5.93. The van der Waals surface area contributed by atoms with Gasteiger partial charge in [-0.15, -0.1) is 11.3 Å². The molecule has 0 amide bonds. The lowest BCUT2D eigenvalue weighted by atomic mass is 9.95. The van der Waals surface area contributed by atoms with Crippen molar-refractivity contribution >= 4 is 67.7 Å². The van der Waals surface area contributed by atoms with Crippen molar-refractivity contribution in [2.24, 2.45) is 0 Å². The summed E-state index contributed by atoms with van der Waals surface area (Å²) >= 11 is 8.01. The second kappa shape index (κ2) is 13.2. The Balaban J connectivity index is 1.31. The van der Waals surface area contributed by atoms with Crippen molar-refractivity contribution in [3.05, 3.63) is 58.2 Å². The zero-order valence-electron chi connectivity index (χ0n) is 29.5. The molecule has 3 aliphatic heterocycles. The van der Waals surface area contributed by atoms with E-state index in [4.69, 9.17) is 42.5 Å². The molecule has 0 aliphatic carbocycles. The first kappa shape index (κ1) is 35.7. The van der Waals surface area contributed by atoms with Crippen molar-refractivity contribution in [3.8, 4) is 29.0 Å². The molecule has 2 aromatic carbocycles. The molecule has 0 spiro atoms. The predicted molar refractivity (Wildman–Crippen MR) is 206 cm³/mol. The average Bonchev–Trinajstić information content (AvgIpc) is 3.75. The summed E-state index contributed by atoms with van der Waals surface area (Å²) in [5, 5.41) is 10.4. The summed E-state index contributed by atoms with van der Waals surface area (Å²) in [5.41, 5.74) is 12.9. The van der Waals surface area contributed by atoms with Gasteiger partial charge in [-0.25, -0.2) is 13.8 Å². The highest BCUT2D eigenvalue weighted by Gasteiger charge is 2.50. The molecule has 6 heterocycles. The number of benzene rings is 2. The van der Waals surface area contributed by atoms with Crippen molar-refractivity contribution in [1.29, 1.82) is 5.26 Å². The number of hydrogen-bond donors (Lipinski definition) is 2. The van der Waals surface area contributed by atoms with Crippen LogP contribution in [0.2, 0.25) is 5.02 Å². The number of anilines is 3. The monoisotopic (exact) mass is 778 g/mol. The summed E-state index contributed by atoms with van der Waals surface area (Å²) < 4.78 is 58.3. The van der Waals surface area contributed by atoms with Crippen molar-refractivity contribution in [1.82, 2.24) is 19.9 Å². The minimum atomic E-state index is -2.25. The Morgan fingerprint density at radius 2 is 2.02 bits per heavy atom. The van der Waals surface area contributed by atoms with Crippen LogP contribution in [0.25, 0.3) is 32.1 Å². The fraction of sp³-hybridized carbons (Fsp3) is 0.405. The number of fused-ring (bicyclic) bond motifs is 2. The molecule has 3 aliphatic rings. The maximum absolute atomic E-state index is 17.4. The first-order valence-corrected chi connectivity index (χ1v) is 21.5. The van der Waals surface area contributed by atoms with Gasteiger partial charge in [-0.2, -0.15) is 15.2 Å². The molecule has 11 nitrogen and oxygen atoms in total. The topological polar surface area (TPSA) is 157 Å². The third-order valence-electron chi connectivity index (χ3n) is 10.9. The Morgan fingerprint density at radius 3 is 2.77 bits per heavy atom. The second-order valence-electron chi connectivity index (χ2n) is 14.6. The molecule has 0 saturated carbocycles. The number of hydrogen-bond acceptors (Lipinski definition) is 12. The first-order chi connectivity index (χ1) is 25.3. The molecule has 16 heteroatoms. The standard InChI is InChI=1S/C37H38ClF2N8O3PS/c1-19(21-6-4-12-44-33(21)42)47-14-15-50-31-27-30(29(40)26(28(31)38)22-7-8-24(39)32-25(22)23(16-41)34(43)53-32)45-36(46-35(27)47)51-18-37-10-5-13-48(37)20(9-11-37)17-52(2,3)49/h4,6-8,12,19-20H,5,9-11,13-15,17-18,43H2,1-3H3,(H2,42,44)/t19-,20+,37+/m1/s1. The van der Waals surface area contributed by atoms with Crippen LogP contribution < -0.4 is 25.8 Å². The Labute approximate surface area is 314 Å². The minimum Gasteiger partial charge on any atom is -0.489 e. The number of nitrogens with zero attached hydrogens (tertiary/aromatic N) is 6. The molecule has 0 bridgehead atoms. The Kier molecular flexibility index (Phi) is 8.92. The Bertz CT molecular complexity index is 2400. The highest BCUT2D eigenvalue weighted by atomic mass is 35.5. The highest BCUT2D eigenvalue weighted by Crippen LogP contribution is 2.52. The normalized spacial score (nSPS) is 20.7. The molecule has 2 fully saturated rings. The van der Waals surface area contributed by atoms with Crippen LogP contribution in [0.4, 0.5) is 25.4 Å². The van der Waals surface area contributed by atoms with Crippen LogP contribution in [0.3, 0.4) is 0 Å². The van der Waals surface area contributed by atoms with Gasteiger partial charge >= 0.3 is 6.01 Å². The van der Waals surface area contributed by atoms with E-state index < -0.39 is 18.8 Å². The number of pyridine rings is 1. The first-order valence-electron chi connectivity index (χ1n) is 17.5. The Morgan fingerprint density at radius 1 is 1.21 bits per heavy atom. The van der Waals surface area contributed by atoms with Crippen molar-refractivity contribution in [2.75, 3.05) is 62.2 Å². The molecule has 5 aromatic rings.